The Balaban J connectivity index is 1.76. The Morgan fingerprint density at radius 3 is 2.52 bits per heavy atom. The lowest BCUT2D eigenvalue weighted by Crippen LogP contribution is -2.18. The molecule has 5 heteroatoms. The smallest absolute Gasteiger partial charge is 0.279 e. The number of aromatic nitrogens is 2. The zero-order valence-electron chi connectivity index (χ0n) is 14.3. The Morgan fingerprint density at radius 1 is 0.926 bits per heavy atom. The largest absolute Gasteiger partial charge is 0.366 e. The topological polar surface area (TPSA) is 78.0 Å². The first-order valence-corrected chi connectivity index (χ1v) is 8.66. The van der Waals surface area contributed by atoms with E-state index in [2.05, 4.69) is 5.10 Å². The third-order valence-corrected chi connectivity index (χ3v) is 5.13. The number of carbonyl (C=O) groups excluding carboxylic acids is 2. The molecule has 0 atom stereocenters. The maximum absolute atomic E-state index is 13.4. The molecule has 3 aromatic carbocycles. The van der Waals surface area contributed by atoms with Crippen LogP contribution >= 0.6 is 0 Å². The second-order valence-electron chi connectivity index (χ2n) is 6.63. The molecule has 1 aromatic heterocycles. The Bertz CT molecular complexity index is 1250. The van der Waals surface area contributed by atoms with Crippen LogP contribution in [0, 0.1) is 0 Å². The van der Waals surface area contributed by atoms with Crippen LogP contribution in [0.4, 0.5) is 0 Å². The molecular weight excluding hydrogens is 338 g/mol. The highest BCUT2D eigenvalue weighted by Crippen LogP contribution is 2.41. The van der Waals surface area contributed by atoms with Crippen molar-refractivity contribution >= 4 is 22.7 Å². The van der Waals surface area contributed by atoms with E-state index in [-0.39, 0.29) is 5.91 Å². The van der Waals surface area contributed by atoms with Crippen LogP contribution < -0.4 is 5.73 Å². The van der Waals surface area contributed by atoms with Gasteiger partial charge in [0.15, 0.2) is 0 Å². The highest BCUT2D eigenvalue weighted by molar-refractivity contribution is 6.09. The van der Waals surface area contributed by atoms with Gasteiger partial charge in [0.05, 0.1) is 11.7 Å². The summed E-state index contributed by atoms with van der Waals surface area (Å²) in [5.74, 6) is -0.706. The molecule has 5 rings (SSSR count). The van der Waals surface area contributed by atoms with Crippen molar-refractivity contribution in [3.05, 3.63) is 89.1 Å². The number of fused-ring (bicyclic) bond motifs is 4. The summed E-state index contributed by atoms with van der Waals surface area (Å²) >= 11 is 0. The lowest BCUT2D eigenvalue weighted by atomic mass is 9.95. The van der Waals surface area contributed by atoms with E-state index in [4.69, 9.17) is 5.73 Å². The Kier molecular flexibility index (Phi) is 3.24. The first-order chi connectivity index (χ1) is 13.1. The second-order valence-corrected chi connectivity index (χ2v) is 6.63. The van der Waals surface area contributed by atoms with Crippen molar-refractivity contribution in [2.24, 2.45) is 5.73 Å². The molecule has 0 aliphatic heterocycles. The molecule has 1 aliphatic rings. The van der Waals surface area contributed by atoms with Gasteiger partial charge in [-0.25, -0.2) is 0 Å². The fourth-order valence-corrected chi connectivity index (χ4v) is 3.90. The van der Waals surface area contributed by atoms with E-state index in [0.717, 1.165) is 33.2 Å². The van der Waals surface area contributed by atoms with Crippen LogP contribution in [0.25, 0.3) is 22.0 Å². The molecule has 0 bridgehead atoms. The standard InChI is InChI=1S/C22H15N3O2/c23-21(26)16-9-10-17(20-15-7-3-1-5-13(15)11-18(16)20)22(27)25-19-8-4-2-6-14(19)12-24-25/h1-10,12H,11H2,(H2,23,26). The van der Waals surface area contributed by atoms with Gasteiger partial charge < -0.3 is 5.73 Å². The lowest BCUT2D eigenvalue weighted by molar-refractivity contribution is 0.0948. The minimum Gasteiger partial charge on any atom is -0.366 e. The van der Waals surface area contributed by atoms with Gasteiger partial charge in [0, 0.05) is 16.5 Å². The summed E-state index contributed by atoms with van der Waals surface area (Å²) in [6.45, 7) is 0. The van der Waals surface area contributed by atoms with Crippen LogP contribution in [0.15, 0.2) is 66.9 Å². The van der Waals surface area contributed by atoms with Gasteiger partial charge in [-0.1, -0.05) is 42.5 Å². The van der Waals surface area contributed by atoms with Crippen molar-refractivity contribution < 1.29 is 9.59 Å². The Morgan fingerprint density at radius 2 is 1.67 bits per heavy atom. The van der Waals surface area contributed by atoms with E-state index in [0.29, 0.717) is 17.5 Å². The van der Waals surface area contributed by atoms with E-state index < -0.39 is 5.91 Å². The van der Waals surface area contributed by atoms with Gasteiger partial charge >= 0.3 is 0 Å². The molecule has 1 aliphatic carbocycles. The lowest BCUT2D eigenvalue weighted by Gasteiger charge is -2.12. The summed E-state index contributed by atoms with van der Waals surface area (Å²) in [6.07, 6.45) is 2.27. The number of amides is 1. The van der Waals surface area contributed by atoms with Crippen LogP contribution in [0.5, 0.6) is 0 Å². The summed E-state index contributed by atoms with van der Waals surface area (Å²) in [7, 11) is 0. The summed E-state index contributed by atoms with van der Waals surface area (Å²) in [4.78, 5) is 25.3. The Labute approximate surface area is 155 Å². The van der Waals surface area contributed by atoms with E-state index in [1.807, 2.05) is 48.5 Å². The maximum Gasteiger partial charge on any atom is 0.279 e. The van der Waals surface area contributed by atoms with Crippen molar-refractivity contribution in [1.82, 2.24) is 9.78 Å². The number of benzene rings is 3. The third-order valence-electron chi connectivity index (χ3n) is 5.13. The molecule has 4 aromatic rings. The van der Waals surface area contributed by atoms with Crippen molar-refractivity contribution in [3.63, 3.8) is 0 Å². The minimum atomic E-state index is -0.484. The van der Waals surface area contributed by atoms with E-state index >= 15 is 0 Å². The average Bonchev–Trinajstić information content (AvgIpc) is 3.28. The van der Waals surface area contributed by atoms with Crippen molar-refractivity contribution in [2.75, 3.05) is 0 Å². The summed E-state index contributed by atoms with van der Waals surface area (Å²) in [6, 6.07) is 18.8. The number of nitrogens with zero attached hydrogens (tertiary/aromatic N) is 2. The van der Waals surface area contributed by atoms with Crippen LogP contribution in [-0.4, -0.2) is 21.6 Å². The molecule has 0 radical (unpaired) electrons. The molecule has 2 N–H and O–H groups in total. The van der Waals surface area contributed by atoms with Gasteiger partial charge in [-0.2, -0.15) is 9.78 Å². The SMILES string of the molecule is NC(=O)c1ccc(C(=O)n2ncc3ccccc32)c2c1Cc1ccccc1-2. The normalized spacial score (nSPS) is 12.0. The van der Waals surface area contributed by atoms with Gasteiger partial charge in [0.2, 0.25) is 5.91 Å². The summed E-state index contributed by atoms with van der Waals surface area (Å²) < 4.78 is 1.41. The first-order valence-electron chi connectivity index (χ1n) is 8.66. The molecule has 0 unspecified atom stereocenters. The zero-order chi connectivity index (χ0) is 18.5. The summed E-state index contributed by atoms with van der Waals surface area (Å²) in [5, 5.41) is 5.19. The van der Waals surface area contributed by atoms with Crippen molar-refractivity contribution in [2.45, 2.75) is 6.42 Å². The van der Waals surface area contributed by atoms with Gasteiger partial charge in [0.25, 0.3) is 5.91 Å². The van der Waals surface area contributed by atoms with E-state index in [9.17, 15) is 9.59 Å². The van der Waals surface area contributed by atoms with Crippen molar-refractivity contribution in [3.8, 4) is 11.1 Å². The maximum atomic E-state index is 13.4. The van der Waals surface area contributed by atoms with Gasteiger partial charge in [-0.05, 0) is 46.9 Å². The molecule has 0 fully saturated rings. The molecule has 0 saturated carbocycles. The molecule has 0 spiro atoms. The molecule has 5 nitrogen and oxygen atoms in total. The Hall–Kier alpha value is -3.73. The highest BCUT2D eigenvalue weighted by Gasteiger charge is 2.29. The monoisotopic (exact) mass is 353 g/mol. The molecular formula is C22H15N3O2. The number of rotatable bonds is 2. The van der Waals surface area contributed by atoms with Crippen LogP contribution in [0.1, 0.15) is 31.8 Å². The second kappa shape index (κ2) is 5.64. The number of nitrogens with two attached hydrogens (primary N) is 1. The predicted octanol–water partition coefficient (Wildman–Crippen LogP) is 3.39. The molecule has 130 valence electrons. The number of primary amides is 1. The number of hydrogen-bond acceptors (Lipinski definition) is 3. The molecule has 1 amide bonds. The fraction of sp³-hybridized carbons (Fsp3) is 0.0455. The first kappa shape index (κ1) is 15.5. The van der Waals surface area contributed by atoms with Crippen LogP contribution in [-0.2, 0) is 6.42 Å². The molecule has 27 heavy (non-hydrogen) atoms. The summed E-state index contributed by atoms with van der Waals surface area (Å²) in [5.41, 5.74) is 11.0. The number of hydrogen-bond donors (Lipinski definition) is 1. The van der Waals surface area contributed by atoms with E-state index in [1.165, 1.54) is 4.68 Å². The molecule has 0 saturated heterocycles. The fourth-order valence-electron chi connectivity index (χ4n) is 3.90. The number of carbonyl (C=O) groups is 2. The predicted molar refractivity (Wildman–Crippen MR) is 103 cm³/mol. The number of para-hydroxylation sites is 1. The average molecular weight is 353 g/mol. The van der Waals surface area contributed by atoms with Crippen LogP contribution in [0.2, 0.25) is 0 Å². The third kappa shape index (κ3) is 2.22. The van der Waals surface area contributed by atoms with Crippen LogP contribution in [0.3, 0.4) is 0 Å². The minimum absolute atomic E-state index is 0.222. The van der Waals surface area contributed by atoms with Gasteiger partial charge in [-0.3, -0.25) is 9.59 Å². The zero-order valence-corrected chi connectivity index (χ0v) is 14.3. The molecule has 1 heterocycles. The van der Waals surface area contributed by atoms with E-state index in [1.54, 1.807) is 18.3 Å². The van der Waals surface area contributed by atoms with Gasteiger partial charge in [-0.15, -0.1) is 0 Å². The van der Waals surface area contributed by atoms with Crippen molar-refractivity contribution in [1.29, 1.82) is 0 Å². The quantitative estimate of drug-likeness (QED) is 0.528. The van der Waals surface area contributed by atoms with Gasteiger partial charge in [0.1, 0.15) is 0 Å². The highest BCUT2D eigenvalue weighted by atomic mass is 16.2.